The molecule has 3 nitrogen and oxygen atoms in total. The molecular formula is C11H21NO2. The second-order valence-electron chi connectivity index (χ2n) is 4.56. The summed E-state index contributed by atoms with van der Waals surface area (Å²) in [4.78, 5) is 0. The zero-order valence-electron chi connectivity index (χ0n) is 9.00. The molecule has 0 bridgehead atoms. The molecule has 2 saturated heterocycles. The minimum absolute atomic E-state index is 0.479. The SMILES string of the molecule is CC1CC(OCC2CCOC2)CCN1. The van der Waals surface area contributed by atoms with Crippen molar-refractivity contribution in [3.05, 3.63) is 0 Å². The summed E-state index contributed by atoms with van der Waals surface area (Å²) in [6.45, 7) is 6.07. The van der Waals surface area contributed by atoms with Gasteiger partial charge < -0.3 is 14.8 Å². The number of hydrogen-bond donors (Lipinski definition) is 1. The van der Waals surface area contributed by atoms with E-state index in [4.69, 9.17) is 9.47 Å². The van der Waals surface area contributed by atoms with Crippen LogP contribution in [0.2, 0.25) is 0 Å². The Bertz CT molecular complexity index is 169. The van der Waals surface area contributed by atoms with Crippen molar-refractivity contribution < 1.29 is 9.47 Å². The molecule has 0 aromatic heterocycles. The highest BCUT2D eigenvalue weighted by molar-refractivity contribution is 4.76. The van der Waals surface area contributed by atoms with E-state index in [0.29, 0.717) is 18.1 Å². The summed E-state index contributed by atoms with van der Waals surface area (Å²) in [6, 6.07) is 0.619. The van der Waals surface area contributed by atoms with Crippen molar-refractivity contribution in [3.8, 4) is 0 Å². The summed E-state index contributed by atoms with van der Waals surface area (Å²) < 4.78 is 11.2. The molecule has 3 heteroatoms. The molecule has 82 valence electrons. The maximum Gasteiger partial charge on any atom is 0.0602 e. The Morgan fingerprint density at radius 3 is 3.07 bits per heavy atom. The van der Waals surface area contributed by atoms with Crippen molar-refractivity contribution in [1.82, 2.24) is 5.32 Å². The van der Waals surface area contributed by atoms with E-state index in [9.17, 15) is 0 Å². The minimum Gasteiger partial charge on any atom is -0.381 e. The van der Waals surface area contributed by atoms with Crippen LogP contribution in [-0.4, -0.2) is 38.5 Å². The number of ether oxygens (including phenoxy) is 2. The average Bonchev–Trinajstić information content (AvgIpc) is 2.67. The Labute approximate surface area is 86.2 Å². The van der Waals surface area contributed by atoms with E-state index in [-0.39, 0.29) is 0 Å². The first-order valence-electron chi connectivity index (χ1n) is 5.77. The summed E-state index contributed by atoms with van der Waals surface area (Å²) in [6.07, 6.45) is 3.98. The minimum atomic E-state index is 0.479. The third kappa shape index (κ3) is 2.94. The van der Waals surface area contributed by atoms with Gasteiger partial charge in [0.2, 0.25) is 0 Å². The van der Waals surface area contributed by atoms with Crippen LogP contribution < -0.4 is 5.32 Å². The summed E-state index contributed by atoms with van der Waals surface area (Å²) in [5, 5.41) is 3.44. The smallest absolute Gasteiger partial charge is 0.0602 e. The van der Waals surface area contributed by atoms with E-state index in [2.05, 4.69) is 12.2 Å². The van der Waals surface area contributed by atoms with Crippen LogP contribution in [0.4, 0.5) is 0 Å². The van der Waals surface area contributed by atoms with Gasteiger partial charge in [0.1, 0.15) is 0 Å². The van der Waals surface area contributed by atoms with Crippen molar-refractivity contribution >= 4 is 0 Å². The van der Waals surface area contributed by atoms with E-state index in [1.54, 1.807) is 0 Å². The summed E-state index contributed by atoms with van der Waals surface area (Å²) in [5.41, 5.74) is 0. The lowest BCUT2D eigenvalue weighted by Gasteiger charge is -2.28. The van der Waals surface area contributed by atoms with Crippen LogP contribution in [0.15, 0.2) is 0 Å². The number of hydrogen-bond acceptors (Lipinski definition) is 3. The molecule has 0 aromatic rings. The van der Waals surface area contributed by atoms with Gasteiger partial charge in [-0.1, -0.05) is 0 Å². The van der Waals surface area contributed by atoms with Gasteiger partial charge in [0, 0.05) is 18.6 Å². The van der Waals surface area contributed by atoms with E-state index in [1.807, 2.05) is 0 Å². The Kier molecular flexibility index (Phi) is 3.79. The van der Waals surface area contributed by atoms with E-state index in [1.165, 1.54) is 6.42 Å². The quantitative estimate of drug-likeness (QED) is 0.740. The molecule has 2 rings (SSSR count). The fourth-order valence-electron chi connectivity index (χ4n) is 2.22. The second kappa shape index (κ2) is 5.10. The molecule has 0 aromatic carbocycles. The standard InChI is InChI=1S/C11H21NO2/c1-9-6-11(2-4-12-9)14-8-10-3-5-13-7-10/h9-12H,2-8H2,1H3. The van der Waals surface area contributed by atoms with Gasteiger partial charge in [0.15, 0.2) is 0 Å². The highest BCUT2D eigenvalue weighted by Crippen LogP contribution is 2.17. The summed E-state index contributed by atoms with van der Waals surface area (Å²) in [5.74, 6) is 0.653. The molecule has 0 spiro atoms. The molecule has 2 fully saturated rings. The monoisotopic (exact) mass is 199 g/mol. The lowest BCUT2D eigenvalue weighted by Crippen LogP contribution is -2.39. The Balaban J connectivity index is 1.64. The second-order valence-corrected chi connectivity index (χ2v) is 4.56. The first-order chi connectivity index (χ1) is 6.84. The summed E-state index contributed by atoms with van der Waals surface area (Å²) in [7, 11) is 0. The Morgan fingerprint density at radius 1 is 1.43 bits per heavy atom. The average molecular weight is 199 g/mol. The molecule has 14 heavy (non-hydrogen) atoms. The first kappa shape index (κ1) is 10.4. The Morgan fingerprint density at radius 2 is 2.36 bits per heavy atom. The zero-order chi connectivity index (χ0) is 9.80. The molecule has 0 saturated carbocycles. The lowest BCUT2D eigenvalue weighted by molar-refractivity contribution is 0.00251. The van der Waals surface area contributed by atoms with E-state index < -0.39 is 0 Å². The molecule has 1 N–H and O–H groups in total. The third-order valence-electron chi connectivity index (χ3n) is 3.17. The van der Waals surface area contributed by atoms with Crippen molar-refractivity contribution in [2.24, 2.45) is 5.92 Å². The van der Waals surface area contributed by atoms with E-state index >= 15 is 0 Å². The number of rotatable bonds is 3. The van der Waals surface area contributed by atoms with Gasteiger partial charge in [0.05, 0.1) is 19.3 Å². The van der Waals surface area contributed by atoms with Crippen LogP contribution in [0.25, 0.3) is 0 Å². The van der Waals surface area contributed by atoms with Gasteiger partial charge in [-0.05, 0) is 32.7 Å². The Hall–Kier alpha value is -0.120. The van der Waals surface area contributed by atoms with Gasteiger partial charge in [-0.2, -0.15) is 0 Å². The van der Waals surface area contributed by atoms with Crippen molar-refractivity contribution in [3.63, 3.8) is 0 Å². The maximum absolute atomic E-state index is 5.92. The third-order valence-corrected chi connectivity index (χ3v) is 3.17. The molecule has 2 aliphatic heterocycles. The van der Waals surface area contributed by atoms with Crippen LogP contribution in [0, 0.1) is 5.92 Å². The normalized spacial score (nSPS) is 38.8. The topological polar surface area (TPSA) is 30.5 Å². The maximum atomic E-state index is 5.92. The van der Waals surface area contributed by atoms with Crippen molar-refractivity contribution in [2.75, 3.05) is 26.4 Å². The summed E-state index contributed by atoms with van der Waals surface area (Å²) >= 11 is 0. The highest BCUT2D eigenvalue weighted by atomic mass is 16.5. The van der Waals surface area contributed by atoms with Gasteiger partial charge >= 0.3 is 0 Å². The van der Waals surface area contributed by atoms with Gasteiger partial charge in [0.25, 0.3) is 0 Å². The largest absolute Gasteiger partial charge is 0.381 e. The van der Waals surface area contributed by atoms with Crippen LogP contribution in [0.3, 0.4) is 0 Å². The van der Waals surface area contributed by atoms with Crippen LogP contribution >= 0.6 is 0 Å². The van der Waals surface area contributed by atoms with Gasteiger partial charge in [-0.3, -0.25) is 0 Å². The van der Waals surface area contributed by atoms with Crippen molar-refractivity contribution in [1.29, 1.82) is 0 Å². The predicted octanol–water partition coefficient (Wildman–Crippen LogP) is 1.18. The van der Waals surface area contributed by atoms with E-state index in [0.717, 1.165) is 39.2 Å². The number of nitrogens with one attached hydrogen (secondary N) is 1. The number of piperidine rings is 1. The molecule has 2 aliphatic rings. The molecule has 0 aliphatic carbocycles. The van der Waals surface area contributed by atoms with Gasteiger partial charge in [-0.25, -0.2) is 0 Å². The molecule has 0 radical (unpaired) electrons. The first-order valence-corrected chi connectivity index (χ1v) is 5.77. The van der Waals surface area contributed by atoms with Crippen LogP contribution in [-0.2, 0) is 9.47 Å². The molecule has 2 heterocycles. The molecule has 0 amide bonds. The van der Waals surface area contributed by atoms with Crippen molar-refractivity contribution in [2.45, 2.75) is 38.3 Å². The molecule has 3 unspecified atom stereocenters. The fraction of sp³-hybridized carbons (Fsp3) is 1.00. The predicted molar refractivity (Wildman–Crippen MR) is 55.4 cm³/mol. The molecule has 3 atom stereocenters. The van der Waals surface area contributed by atoms with Crippen LogP contribution in [0.5, 0.6) is 0 Å². The molecular weight excluding hydrogens is 178 g/mol. The fourth-order valence-corrected chi connectivity index (χ4v) is 2.22. The van der Waals surface area contributed by atoms with Gasteiger partial charge in [-0.15, -0.1) is 0 Å². The highest BCUT2D eigenvalue weighted by Gasteiger charge is 2.21. The van der Waals surface area contributed by atoms with Crippen LogP contribution in [0.1, 0.15) is 26.2 Å². The lowest BCUT2D eigenvalue weighted by atomic mass is 10.0. The zero-order valence-corrected chi connectivity index (χ0v) is 9.00.